The number of hydrogen-bond acceptors (Lipinski definition) is 2. The molecular formula is C20H25NO2. The average Bonchev–Trinajstić information content (AvgIpc) is 2.43. The summed E-state index contributed by atoms with van der Waals surface area (Å²) in [5.41, 5.74) is 3.98. The molecule has 0 saturated carbocycles. The summed E-state index contributed by atoms with van der Waals surface area (Å²) in [5.74, 6) is 0.800. The van der Waals surface area contributed by atoms with Crippen LogP contribution in [-0.2, 0) is 11.2 Å². The van der Waals surface area contributed by atoms with Gasteiger partial charge in [0.2, 0.25) is 5.91 Å². The number of benzene rings is 2. The van der Waals surface area contributed by atoms with E-state index < -0.39 is 0 Å². The van der Waals surface area contributed by atoms with Gasteiger partial charge in [0.15, 0.2) is 0 Å². The molecule has 0 atom stereocenters. The van der Waals surface area contributed by atoms with Crippen LogP contribution in [0.4, 0.5) is 5.69 Å². The summed E-state index contributed by atoms with van der Waals surface area (Å²) in [6.45, 7) is 10.1. The second-order valence-electron chi connectivity index (χ2n) is 6.88. The first-order valence-corrected chi connectivity index (χ1v) is 7.88. The van der Waals surface area contributed by atoms with Gasteiger partial charge < -0.3 is 10.1 Å². The maximum Gasteiger partial charge on any atom is 0.228 e. The summed E-state index contributed by atoms with van der Waals surface area (Å²) in [4.78, 5) is 12.1. The van der Waals surface area contributed by atoms with Gasteiger partial charge in [-0.1, -0.05) is 18.2 Å². The van der Waals surface area contributed by atoms with Gasteiger partial charge in [0.05, 0.1) is 6.42 Å². The third kappa shape index (κ3) is 5.44. The molecule has 0 bridgehead atoms. The Morgan fingerprint density at radius 3 is 2.22 bits per heavy atom. The van der Waals surface area contributed by atoms with Crippen molar-refractivity contribution in [3.63, 3.8) is 0 Å². The normalized spacial score (nSPS) is 11.2. The standard InChI is InChI=1S/C20H25NO2/c1-14-6-9-17(12-15(14)2)21-19(22)13-16-7-10-18(11-8-16)23-20(3,4)5/h6-12H,13H2,1-5H3,(H,21,22). The predicted octanol–water partition coefficient (Wildman–Crippen LogP) is 4.66. The number of nitrogens with one attached hydrogen (secondary N) is 1. The summed E-state index contributed by atoms with van der Waals surface area (Å²) < 4.78 is 5.78. The highest BCUT2D eigenvalue weighted by Crippen LogP contribution is 2.19. The van der Waals surface area contributed by atoms with Gasteiger partial charge >= 0.3 is 0 Å². The fourth-order valence-corrected chi connectivity index (χ4v) is 2.24. The van der Waals surface area contributed by atoms with Crippen molar-refractivity contribution in [1.29, 1.82) is 0 Å². The molecule has 2 aromatic rings. The summed E-state index contributed by atoms with van der Waals surface area (Å²) in [6.07, 6.45) is 0.350. The number of anilines is 1. The highest BCUT2D eigenvalue weighted by molar-refractivity contribution is 5.92. The SMILES string of the molecule is Cc1ccc(NC(=O)Cc2ccc(OC(C)(C)C)cc2)cc1C. The third-order valence-electron chi connectivity index (χ3n) is 3.50. The molecule has 0 aliphatic rings. The first kappa shape index (κ1) is 17.1. The third-order valence-corrected chi connectivity index (χ3v) is 3.50. The quantitative estimate of drug-likeness (QED) is 0.891. The lowest BCUT2D eigenvalue weighted by Gasteiger charge is -2.21. The predicted molar refractivity (Wildman–Crippen MR) is 95.1 cm³/mol. The van der Waals surface area contributed by atoms with Gasteiger partial charge in [0.25, 0.3) is 0 Å². The highest BCUT2D eigenvalue weighted by Gasteiger charge is 2.12. The molecule has 3 heteroatoms. The lowest BCUT2D eigenvalue weighted by atomic mass is 10.1. The molecule has 0 unspecified atom stereocenters. The van der Waals surface area contributed by atoms with E-state index in [2.05, 4.69) is 12.2 Å². The van der Waals surface area contributed by atoms with E-state index in [4.69, 9.17) is 4.74 Å². The summed E-state index contributed by atoms with van der Waals surface area (Å²) in [5, 5.41) is 2.94. The number of carbonyl (C=O) groups excluding carboxylic acids is 1. The largest absolute Gasteiger partial charge is 0.488 e. The Bertz CT molecular complexity index is 682. The maximum atomic E-state index is 12.1. The molecule has 122 valence electrons. The minimum atomic E-state index is -0.220. The monoisotopic (exact) mass is 311 g/mol. The van der Waals surface area contributed by atoms with E-state index in [9.17, 15) is 4.79 Å². The van der Waals surface area contributed by atoms with Gasteiger partial charge in [-0.2, -0.15) is 0 Å². The Morgan fingerprint density at radius 1 is 1.00 bits per heavy atom. The zero-order valence-electron chi connectivity index (χ0n) is 14.6. The van der Waals surface area contributed by atoms with Crippen molar-refractivity contribution in [2.24, 2.45) is 0 Å². The molecular weight excluding hydrogens is 286 g/mol. The highest BCUT2D eigenvalue weighted by atomic mass is 16.5. The molecule has 2 aromatic carbocycles. The van der Waals surface area contributed by atoms with Gasteiger partial charge in [-0.15, -0.1) is 0 Å². The van der Waals surface area contributed by atoms with E-state index >= 15 is 0 Å². The van der Waals surface area contributed by atoms with Crippen LogP contribution in [-0.4, -0.2) is 11.5 Å². The molecule has 1 N–H and O–H groups in total. The van der Waals surface area contributed by atoms with Crippen molar-refractivity contribution >= 4 is 11.6 Å². The number of rotatable bonds is 4. The van der Waals surface area contributed by atoms with Crippen LogP contribution in [0.2, 0.25) is 0 Å². The molecule has 0 spiro atoms. The molecule has 0 radical (unpaired) electrons. The van der Waals surface area contributed by atoms with Crippen LogP contribution >= 0.6 is 0 Å². The van der Waals surface area contributed by atoms with E-state index in [-0.39, 0.29) is 11.5 Å². The molecule has 3 nitrogen and oxygen atoms in total. The van der Waals surface area contributed by atoms with Crippen molar-refractivity contribution < 1.29 is 9.53 Å². The lowest BCUT2D eigenvalue weighted by Crippen LogP contribution is -2.22. The number of amides is 1. The second kappa shape index (κ2) is 6.86. The first-order chi connectivity index (χ1) is 10.7. The Balaban J connectivity index is 1.96. The Kier molecular flexibility index (Phi) is 5.09. The van der Waals surface area contributed by atoms with Gasteiger partial charge in [-0.25, -0.2) is 0 Å². The number of hydrogen-bond donors (Lipinski definition) is 1. The number of ether oxygens (including phenoxy) is 1. The average molecular weight is 311 g/mol. The minimum Gasteiger partial charge on any atom is -0.488 e. The molecule has 1 amide bonds. The molecule has 23 heavy (non-hydrogen) atoms. The molecule has 0 saturated heterocycles. The molecule has 0 aliphatic carbocycles. The van der Waals surface area contributed by atoms with Crippen molar-refractivity contribution in [2.75, 3.05) is 5.32 Å². The molecule has 0 aromatic heterocycles. The zero-order chi connectivity index (χ0) is 17.0. The fourth-order valence-electron chi connectivity index (χ4n) is 2.24. The number of carbonyl (C=O) groups is 1. The van der Waals surface area contributed by atoms with Crippen molar-refractivity contribution in [1.82, 2.24) is 0 Å². The molecule has 0 aliphatic heterocycles. The van der Waals surface area contributed by atoms with Gasteiger partial charge in [0.1, 0.15) is 11.4 Å². The van der Waals surface area contributed by atoms with Crippen LogP contribution in [0.15, 0.2) is 42.5 Å². The van der Waals surface area contributed by atoms with E-state index in [1.165, 1.54) is 11.1 Å². The van der Waals surface area contributed by atoms with Crippen LogP contribution in [0.3, 0.4) is 0 Å². The van der Waals surface area contributed by atoms with Gasteiger partial charge in [-0.3, -0.25) is 4.79 Å². The van der Waals surface area contributed by atoms with E-state index in [0.717, 1.165) is 17.0 Å². The van der Waals surface area contributed by atoms with Crippen LogP contribution in [0.5, 0.6) is 5.75 Å². The first-order valence-electron chi connectivity index (χ1n) is 7.88. The van der Waals surface area contributed by atoms with Crippen LogP contribution in [0, 0.1) is 13.8 Å². The topological polar surface area (TPSA) is 38.3 Å². The van der Waals surface area contributed by atoms with E-state index in [1.807, 2.05) is 70.2 Å². The van der Waals surface area contributed by atoms with Gasteiger partial charge in [-0.05, 0) is 75.6 Å². The second-order valence-corrected chi connectivity index (χ2v) is 6.88. The van der Waals surface area contributed by atoms with Crippen LogP contribution in [0.25, 0.3) is 0 Å². The molecule has 2 rings (SSSR count). The fraction of sp³-hybridized carbons (Fsp3) is 0.350. The molecule has 0 heterocycles. The molecule has 0 fully saturated rings. The number of aryl methyl sites for hydroxylation is 2. The van der Waals surface area contributed by atoms with Crippen LogP contribution in [0.1, 0.15) is 37.5 Å². The van der Waals surface area contributed by atoms with Crippen molar-refractivity contribution in [3.8, 4) is 5.75 Å². The van der Waals surface area contributed by atoms with Crippen molar-refractivity contribution in [3.05, 3.63) is 59.2 Å². The Morgan fingerprint density at radius 2 is 1.65 bits per heavy atom. The maximum absolute atomic E-state index is 12.1. The Hall–Kier alpha value is -2.29. The summed E-state index contributed by atoms with van der Waals surface area (Å²) in [6, 6.07) is 13.6. The summed E-state index contributed by atoms with van der Waals surface area (Å²) in [7, 11) is 0. The van der Waals surface area contributed by atoms with Gasteiger partial charge in [0, 0.05) is 5.69 Å². The minimum absolute atomic E-state index is 0.0160. The summed E-state index contributed by atoms with van der Waals surface area (Å²) >= 11 is 0. The van der Waals surface area contributed by atoms with E-state index in [0.29, 0.717) is 6.42 Å². The zero-order valence-corrected chi connectivity index (χ0v) is 14.6. The lowest BCUT2D eigenvalue weighted by molar-refractivity contribution is -0.115. The van der Waals surface area contributed by atoms with Crippen molar-refractivity contribution in [2.45, 2.75) is 46.6 Å². The van der Waals surface area contributed by atoms with E-state index in [1.54, 1.807) is 0 Å². The van der Waals surface area contributed by atoms with Crippen LogP contribution < -0.4 is 10.1 Å². The Labute approximate surface area is 138 Å². The smallest absolute Gasteiger partial charge is 0.228 e.